The van der Waals surface area contributed by atoms with Gasteiger partial charge in [0, 0.05) is 13.5 Å². The molecule has 0 aliphatic carbocycles. The first-order valence-electron chi connectivity index (χ1n) is 6.69. The summed E-state index contributed by atoms with van der Waals surface area (Å²) in [4.78, 5) is 27.5. The minimum absolute atomic E-state index is 0.00328. The van der Waals surface area contributed by atoms with Crippen LogP contribution in [0.5, 0.6) is 0 Å². The molecule has 0 atom stereocenters. The van der Waals surface area contributed by atoms with Gasteiger partial charge in [-0.15, -0.1) is 0 Å². The van der Waals surface area contributed by atoms with Crippen LogP contribution < -0.4 is 0 Å². The Labute approximate surface area is 117 Å². The van der Waals surface area contributed by atoms with Crippen molar-refractivity contribution in [3.05, 3.63) is 30.1 Å². The first-order valence-corrected chi connectivity index (χ1v) is 6.69. The molecule has 0 saturated heterocycles. The number of carbonyl (C=O) groups is 2. The van der Waals surface area contributed by atoms with Gasteiger partial charge in [0.2, 0.25) is 0 Å². The van der Waals surface area contributed by atoms with E-state index in [1.54, 1.807) is 6.92 Å². The third kappa shape index (κ3) is 3.23. The van der Waals surface area contributed by atoms with E-state index in [1.807, 2.05) is 35.9 Å². The van der Waals surface area contributed by atoms with Gasteiger partial charge in [-0.25, -0.2) is 4.98 Å². The predicted octanol–water partition coefficient (Wildman–Crippen LogP) is 2.03. The van der Waals surface area contributed by atoms with Crippen LogP contribution >= 0.6 is 0 Å². The molecule has 0 amide bonds. The van der Waals surface area contributed by atoms with E-state index < -0.39 is 0 Å². The Morgan fingerprint density at radius 2 is 2.00 bits per heavy atom. The first kappa shape index (κ1) is 14.2. The highest BCUT2D eigenvalue weighted by atomic mass is 16.5. The van der Waals surface area contributed by atoms with Crippen molar-refractivity contribution in [2.75, 3.05) is 6.61 Å². The summed E-state index contributed by atoms with van der Waals surface area (Å²) in [7, 11) is 1.89. The van der Waals surface area contributed by atoms with Gasteiger partial charge in [-0.3, -0.25) is 9.59 Å². The van der Waals surface area contributed by atoms with Gasteiger partial charge >= 0.3 is 5.97 Å². The number of carbonyl (C=O) groups excluding carboxylic acids is 2. The van der Waals surface area contributed by atoms with E-state index in [0.29, 0.717) is 6.61 Å². The lowest BCUT2D eigenvalue weighted by molar-refractivity contribution is -0.144. The second-order valence-corrected chi connectivity index (χ2v) is 4.60. The maximum absolute atomic E-state index is 11.9. The number of Topliss-reactive ketones (excluding diaryl/α,β-unsaturated/α-hetero) is 1. The fraction of sp³-hybridized carbons (Fsp3) is 0.400. The van der Waals surface area contributed by atoms with Gasteiger partial charge < -0.3 is 9.30 Å². The average molecular weight is 274 g/mol. The molecule has 1 aromatic heterocycles. The summed E-state index contributed by atoms with van der Waals surface area (Å²) in [5.41, 5.74) is 1.88. The number of para-hydroxylation sites is 2. The number of aryl methyl sites for hydroxylation is 1. The van der Waals surface area contributed by atoms with Crippen molar-refractivity contribution in [2.45, 2.75) is 26.2 Å². The third-order valence-corrected chi connectivity index (χ3v) is 3.15. The van der Waals surface area contributed by atoms with E-state index in [2.05, 4.69) is 4.98 Å². The summed E-state index contributed by atoms with van der Waals surface area (Å²) in [6.45, 7) is 2.09. The Balaban J connectivity index is 1.99. The largest absolute Gasteiger partial charge is 0.466 e. The predicted molar refractivity (Wildman–Crippen MR) is 75.3 cm³/mol. The Morgan fingerprint density at radius 3 is 2.70 bits per heavy atom. The van der Waals surface area contributed by atoms with Gasteiger partial charge in [0.1, 0.15) is 11.6 Å². The fourth-order valence-corrected chi connectivity index (χ4v) is 2.09. The Morgan fingerprint density at radius 1 is 1.25 bits per heavy atom. The van der Waals surface area contributed by atoms with Crippen LogP contribution in [-0.4, -0.2) is 27.9 Å². The van der Waals surface area contributed by atoms with E-state index in [-0.39, 0.29) is 31.0 Å². The molecule has 0 spiro atoms. The number of rotatable bonds is 6. The van der Waals surface area contributed by atoms with E-state index in [0.717, 1.165) is 16.9 Å². The van der Waals surface area contributed by atoms with Gasteiger partial charge in [-0.2, -0.15) is 0 Å². The molecule has 0 radical (unpaired) electrons. The SMILES string of the molecule is CCOC(=O)CCC(=O)Cc1nc2ccccc2n1C. The minimum Gasteiger partial charge on any atom is -0.466 e. The van der Waals surface area contributed by atoms with E-state index in [4.69, 9.17) is 4.74 Å². The normalized spacial score (nSPS) is 10.7. The zero-order chi connectivity index (χ0) is 14.5. The lowest BCUT2D eigenvalue weighted by atomic mass is 10.1. The molecule has 2 rings (SSSR count). The first-order chi connectivity index (χ1) is 9.61. The van der Waals surface area contributed by atoms with Crippen molar-refractivity contribution in [3.8, 4) is 0 Å². The van der Waals surface area contributed by atoms with Crippen LogP contribution in [-0.2, 0) is 27.8 Å². The summed E-state index contributed by atoms with van der Waals surface area (Å²) >= 11 is 0. The number of aromatic nitrogens is 2. The zero-order valence-corrected chi connectivity index (χ0v) is 11.8. The van der Waals surface area contributed by atoms with Crippen LogP contribution in [0.2, 0.25) is 0 Å². The van der Waals surface area contributed by atoms with Crippen LogP contribution in [0.1, 0.15) is 25.6 Å². The number of imidazole rings is 1. The van der Waals surface area contributed by atoms with Gasteiger partial charge in [0.25, 0.3) is 0 Å². The standard InChI is InChI=1S/C15H18N2O3/c1-3-20-15(19)9-8-11(18)10-14-16-12-6-4-5-7-13(12)17(14)2/h4-7H,3,8-10H2,1-2H3. The van der Waals surface area contributed by atoms with Crippen molar-refractivity contribution in [2.24, 2.45) is 7.05 Å². The topological polar surface area (TPSA) is 61.2 Å². The van der Waals surface area contributed by atoms with E-state index in [9.17, 15) is 9.59 Å². The van der Waals surface area contributed by atoms with Gasteiger partial charge in [-0.1, -0.05) is 12.1 Å². The molecule has 2 aromatic rings. The van der Waals surface area contributed by atoms with Gasteiger partial charge in [0.05, 0.1) is 30.5 Å². The number of benzene rings is 1. The quantitative estimate of drug-likeness (QED) is 0.756. The lowest BCUT2D eigenvalue weighted by Crippen LogP contribution is -2.11. The molecule has 1 aromatic carbocycles. The highest BCUT2D eigenvalue weighted by Crippen LogP contribution is 2.15. The van der Waals surface area contributed by atoms with Crippen molar-refractivity contribution in [1.29, 1.82) is 0 Å². The van der Waals surface area contributed by atoms with Crippen molar-refractivity contribution >= 4 is 22.8 Å². The highest BCUT2D eigenvalue weighted by molar-refractivity contribution is 5.85. The van der Waals surface area contributed by atoms with Crippen LogP contribution in [0.15, 0.2) is 24.3 Å². The summed E-state index contributed by atoms with van der Waals surface area (Å²) in [6, 6.07) is 7.74. The van der Waals surface area contributed by atoms with E-state index >= 15 is 0 Å². The fourth-order valence-electron chi connectivity index (χ4n) is 2.09. The molecule has 5 heteroatoms. The van der Waals surface area contributed by atoms with Gasteiger partial charge in [0.15, 0.2) is 0 Å². The molecule has 0 aliphatic heterocycles. The van der Waals surface area contributed by atoms with Crippen molar-refractivity contribution in [1.82, 2.24) is 9.55 Å². The molecule has 20 heavy (non-hydrogen) atoms. The number of nitrogens with zero attached hydrogens (tertiary/aromatic N) is 2. The van der Waals surface area contributed by atoms with Crippen LogP contribution in [0.3, 0.4) is 0 Å². The van der Waals surface area contributed by atoms with Crippen molar-refractivity contribution in [3.63, 3.8) is 0 Å². The molecule has 0 bridgehead atoms. The number of ketones is 1. The maximum atomic E-state index is 11.9. The van der Waals surface area contributed by atoms with Crippen molar-refractivity contribution < 1.29 is 14.3 Å². The molecule has 0 saturated carbocycles. The van der Waals surface area contributed by atoms with Crippen LogP contribution in [0.4, 0.5) is 0 Å². The second kappa shape index (κ2) is 6.32. The average Bonchev–Trinajstić information content (AvgIpc) is 2.74. The molecule has 1 heterocycles. The zero-order valence-electron chi connectivity index (χ0n) is 11.8. The van der Waals surface area contributed by atoms with Gasteiger partial charge in [-0.05, 0) is 19.1 Å². The van der Waals surface area contributed by atoms with Crippen LogP contribution in [0.25, 0.3) is 11.0 Å². The van der Waals surface area contributed by atoms with Crippen LogP contribution in [0, 0.1) is 0 Å². The second-order valence-electron chi connectivity index (χ2n) is 4.60. The Hall–Kier alpha value is -2.17. The summed E-state index contributed by atoms with van der Waals surface area (Å²) in [5, 5.41) is 0. The summed E-state index contributed by atoms with van der Waals surface area (Å²) in [5.74, 6) is 0.391. The Kier molecular flexibility index (Phi) is 4.50. The number of hydrogen-bond donors (Lipinski definition) is 0. The summed E-state index contributed by atoms with van der Waals surface area (Å²) < 4.78 is 6.72. The maximum Gasteiger partial charge on any atom is 0.306 e. The molecule has 0 fully saturated rings. The molecular weight excluding hydrogens is 256 g/mol. The number of fused-ring (bicyclic) bond motifs is 1. The number of ether oxygens (including phenoxy) is 1. The monoisotopic (exact) mass is 274 g/mol. The Bertz CT molecular complexity index is 631. The summed E-state index contributed by atoms with van der Waals surface area (Å²) in [6.07, 6.45) is 0.573. The minimum atomic E-state index is -0.328. The molecule has 0 unspecified atom stereocenters. The third-order valence-electron chi connectivity index (χ3n) is 3.15. The molecule has 0 N–H and O–H groups in total. The molecular formula is C15H18N2O3. The number of hydrogen-bond acceptors (Lipinski definition) is 4. The smallest absolute Gasteiger partial charge is 0.306 e. The molecule has 0 aliphatic rings. The van der Waals surface area contributed by atoms with E-state index in [1.165, 1.54) is 0 Å². The molecule has 5 nitrogen and oxygen atoms in total. The number of esters is 1. The molecule has 106 valence electrons. The lowest BCUT2D eigenvalue weighted by Gasteiger charge is -2.03. The highest BCUT2D eigenvalue weighted by Gasteiger charge is 2.13.